The lowest BCUT2D eigenvalue weighted by Crippen LogP contribution is -2.06. The third-order valence-corrected chi connectivity index (χ3v) is 4.70. The van der Waals surface area contributed by atoms with Gasteiger partial charge in [-0.25, -0.2) is 4.98 Å². The zero-order chi connectivity index (χ0) is 19.4. The van der Waals surface area contributed by atoms with Crippen molar-refractivity contribution < 1.29 is 9.53 Å². The molecule has 0 bridgehead atoms. The molecule has 3 aromatic rings. The molecule has 0 N–H and O–H groups in total. The minimum atomic E-state index is -0.183. The topological polar surface area (TPSA) is 67.9 Å². The molecule has 138 valence electrons. The van der Waals surface area contributed by atoms with E-state index in [9.17, 15) is 10.1 Å². The van der Waals surface area contributed by atoms with Crippen molar-refractivity contribution in [2.75, 3.05) is 6.61 Å². The van der Waals surface area contributed by atoms with Gasteiger partial charge < -0.3 is 4.74 Å². The lowest BCUT2D eigenvalue weighted by atomic mass is 10.1. The number of ether oxygens (including phenoxy) is 1. The standard InChI is InChI=1S/C21H20ClN3O2/c1-3-20-24-18-11-15(13-23)17(22)12-19(18)25(20)16-7-5-14(6-8-16)9-10-27-21(26)4-2/h5-8,11-12H,3-4,9-10H2,1-2H3. The molecule has 0 amide bonds. The normalized spacial score (nSPS) is 10.7. The number of carbonyl (C=O) groups is 1. The molecule has 1 heterocycles. The minimum Gasteiger partial charge on any atom is -0.465 e. The molecule has 3 rings (SSSR count). The van der Waals surface area contributed by atoms with Gasteiger partial charge in [0.05, 0.1) is 28.2 Å². The number of hydrogen-bond acceptors (Lipinski definition) is 4. The summed E-state index contributed by atoms with van der Waals surface area (Å²) in [5.41, 5.74) is 4.12. The van der Waals surface area contributed by atoms with E-state index in [4.69, 9.17) is 16.3 Å². The second-order valence-corrected chi connectivity index (χ2v) is 6.55. The number of hydrogen-bond donors (Lipinski definition) is 0. The van der Waals surface area contributed by atoms with Crippen LogP contribution in [-0.4, -0.2) is 22.1 Å². The summed E-state index contributed by atoms with van der Waals surface area (Å²) >= 11 is 6.23. The molecule has 1 aromatic heterocycles. The van der Waals surface area contributed by atoms with Crippen molar-refractivity contribution in [1.82, 2.24) is 9.55 Å². The van der Waals surface area contributed by atoms with Crippen molar-refractivity contribution in [3.8, 4) is 11.8 Å². The van der Waals surface area contributed by atoms with Gasteiger partial charge in [0.2, 0.25) is 0 Å². The Kier molecular flexibility index (Phi) is 5.78. The van der Waals surface area contributed by atoms with Gasteiger partial charge in [0.15, 0.2) is 0 Å². The first-order valence-corrected chi connectivity index (χ1v) is 9.31. The van der Waals surface area contributed by atoms with Crippen molar-refractivity contribution in [1.29, 1.82) is 5.26 Å². The van der Waals surface area contributed by atoms with Crippen molar-refractivity contribution in [2.24, 2.45) is 0 Å². The van der Waals surface area contributed by atoms with E-state index in [2.05, 4.69) is 15.6 Å². The maximum absolute atomic E-state index is 11.2. The smallest absolute Gasteiger partial charge is 0.305 e. The summed E-state index contributed by atoms with van der Waals surface area (Å²) in [6.45, 7) is 4.21. The Hall–Kier alpha value is -2.84. The lowest BCUT2D eigenvalue weighted by Gasteiger charge is -2.10. The number of nitriles is 1. The highest BCUT2D eigenvalue weighted by molar-refractivity contribution is 6.32. The quantitative estimate of drug-likeness (QED) is 0.585. The van der Waals surface area contributed by atoms with Crippen LogP contribution in [-0.2, 0) is 22.4 Å². The molecule has 0 radical (unpaired) electrons. The number of benzene rings is 2. The van der Waals surface area contributed by atoms with Crippen LogP contribution in [0.15, 0.2) is 36.4 Å². The summed E-state index contributed by atoms with van der Waals surface area (Å²) < 4.78 is 7.19. The van der Waals surface area contributed by atoms with E-state index in [1.54, 1.807) is 19.1 Å². The van der Waals surface area contributed by atoms with Gasteiger partial charge in [-0.05, 0) is 29.8 Å². The molecule has 2 aromatic carbocycles. The first-order valence-electron chi connectivity index (χ1n) is 8.93. The minimum absolute atomic E-state index is 0.183. The van der Waals surface area contributed by atoms with E-state index < -0.39 is 0 Å². The molecule has 5 nitrogen and oxygen atoms in total. The van der Waals surface area contributed by atoms with Gasteiger partial charge in [-0.2, -0.15) is 5.26 Å². The summed E-state index contributed by atoms with van der Waals surface area (Å²) in [7, 11) is 0. The summed E-state index contributed by atoms with van der Waals surface area (Å²) in [4.78, 5) is 15.9. The third kappa shape index (κ3) is 3.96. The highest BCUT2D eigenvalue weighted by Crippen LogP contribution is 2.27. The monoisotopic (exact) mass is 381 g/mol. The van der Waals surface area contributed by atoms with Crippen LogP contribution in [0, 0.1) is 11.3 Å². The van der Waals surface area contributed by atoms with Crippen molar-refractivity contribution in [3.63, 3.8) is 0 Å². The van der Waals surface area contributed by atoms with E-state index in [1.165, 1.54) is 0 Å². The van der Waals surface area contributed by atoms with E-state index in [-0.39, 0.29) is 5.97 Å². The van der Waals surface area contributed by atoms with Gasteiger partial charge in [0, 0.05) is 24.9 Å². The van der Waals surface area contributed by atoms with Crippen molar-refractivity contribution in [3.05, 3.63) is 58.4 Å². The first-order chi connectivity index (χ1) is 13.1. The zero-order valence-electron chi connectivity index (χ0n) is 15.3. The maximum atomic E-state index is 11.2. The Bertz CT molecular complexity index is 1020. The van der Waals surface area contributed by atoms with Crippen molar-refractivity contribution >= 4 is 28.6 Å². The Balaban J connectivity index is 1.91. The Labute approximate surface area is 163 Å². The summed E-state index contributed by atoms with van der Waals surface area (Å²) in [6, 6.07) is 13.7. The Morgan fingerprint density at radius 3 is 2.63 bits per heavy atom. The average Bonchev–Trinajstić information content (AvgIpc) is 3.05. The van der Waals surface area contributed by atoms with Crippen LogP contribution < -0.4 is 0 Å². The molecule has 0 saturated carbocycles. The molecule has 0 saturated heterocycles. The van der Waals surface area contributed by atoms with Gasteiger partial charge in [-0.15, -0.1) is 0 Å². The number of esters is 1. The Morgan fingerprint density at radius 1 is 1.26 bits per heavy atom. The van der Waals surface area contributed by atoms with Gasteiger partial charge in [0.1, 0.15) is 11.9 Å². The predicted molar refractivity (Wildman–Crippen MR) is 105 cm³/mol. The van der Waals surface area contributed by atoms with Gasteiger partial charge in [-0.3, -0.25) is 9.36 Å². The molecular weight excluding hydrogens is 362 g/mol. The summed E-state index contributed by atoms with van der Waals surface area (Å²) in [6.07, 6.45) is 1.82. The lowest BCUT2D eigenvalue weighted by molar-refractivity contribution is -0.143. The van der Waals surface area contributed by atoms with Crippen LogP contribution in [0.25, 0.3) is 16.7 Å². The second kappa shape index (κ2) is 8.24. The van der Waals surface area contributed by atoms with Crippen LogP contribution in [0.5, 0.6) is 0 Å². The summed E-state index contributed by atoms with van der Waals surface area (Å²) in [5.74, 6) is 0.721. The van der Waals surface area contributed by atoms with Crippen LogP contribution in [0.1, 0.15) is 37.2 Å². The SMILES string of the molecule is CCC(=O)OCCc1ccc(-n2c(CC)nc3cc(C#N)c(Cl)cc32)cc1. The first kappa shape index (κ1) is 18.9. The number of aromatic nitrogens is 2. The predicted octanol–water partition coefficient (Wildman–Crippen LogP) is 4.61. The van der Waals surface area contributed by atoms with Gasteiger partial charge in [-0.1, -0.05) is 37.6 Å². The van der Waals surface area contributed by atoms with Crippen LogP contribution in [0.2, 0.25) is 5.02 Å². The molecule has 27 heavy (non-hydrogen) atoms. The molecule has 0 unspecified atom stereocenters. The largest absolute Gasteiger partial charge is 0.465 e. The fourth-order valence-electron chi connectivity index (χ4n) is 2.96. The number of rotatable bonds is 6. The number of aryl methyl sites for hydroxylation is 1. The maximum Gasteiger partial charge on any atom is 0.305 e. The molecule has 0 atom stereocenters. The van der Waals surface area contributed by atoms with E-state index in [0.717, 1.165) is 34.5 Å². The molecule has 0 aliphatic rings. The van der Waals surface area contributed by atoms with Crippen molar-refractivity contribution in [2.45, 2.75) is 33.1 Å². The number of carbonyl (C=O) groups excluding carboxylic acids is 1. The average molecular weight is 382 g/mol. The number of nitrogens with zero attached hydrogens (tertiary/aromatic N) is 3. The number of fused-ring (bicyclic) bond motifs is 1. The van der Waals surface area contributed by atoms with Gasteiger partial charge >= 0.3 is 5.97 Å². The van der Waals surface area contributed by atoms with Crippen LogP contribution >= 0.6 is 11.6 Å². The van der Waals surface area contributed by atoms with Crippen LogP contribution in [0.4, 0.5) is 0 Å². The van der Waals surface area contributed by atoms with E-state index in [0.29, 0.717) is 30.0 Å². The second-order valence-electron chi connectivity index (χ2n) is 6.14. The zero-order valence-corrected chi connectivity index (χ0v) is 16.1. The fourth-order valence-corrected chi connectivity index (χ4v) is 3.16. The van der Waals surface area contributed by atoms with Crippen LogP contribution in [0.3, 0.4) is 0 Å². The number of imidazole rings is 1. The molecule has 0 fully saturated rings. The third-order valence-electron chi connectivity index (χ3n) is 4.39. The molecule has 0 aliphatic heterocycles. The van der Waals surface area contributed by atoms with E-state index >= 15 is 0 Å². The number of halogens is 1. The highest BCUT2D eigenvalue weighted by atomic mass is 35.5. The fraction of sp³-hybridized carbons (Fsp3) is 0.286. The van der Waals surface area contributed by atoms with E-state index in [1.807, 2.05) is 31.2 Å². The van der Waals surface area contributed by atoms with Gasteiger partial charge in [0.25, 0.3) is 0 Å². The molecular formula is C21H20ClN3O2. The molecule has 0 spiro atoms. The Morgan fingerprint density at radius 2 is 2.00 bits per heavy atom. The molecule has 0 aliphatic carbocycles. The highest BCUT2D eigenvalue weighted by Gasteiger charge is 2.14. The summed E-state index contributed by atoms with van der Waals surface area (Å²) in [5, 5.41) is 9.60. The molecule has 6 heteroatoms.